The summed E-state index contributed by atoms with van der Waals surface area (Å²) >= 11 is 0. The van der Waals surface area contributed by atoms with Crippen LogP contribution < -0.4 is 5.48 Å². The number of hydrogen-bond donors (Lipinski definition) is 2. The molecule has 2 heterocycles. The zero-order valence-electron chi connectivity index (χ0n) is 16.2. The summed E-state index contributed by atoms with van der Waals surface area (Å²) in [5.74, 6) is -0.141. The maximum atomic E-state index is 12.6. The third-order valence-corrected chi connectivity index (χ3v) is 5.02. The van der Waals surface area contributed by atoms with Crippen LogP contribution >= 0.6 is 0 Å². The van der Waals surface area contributed by atoms with E-state index in [0.29, 0.717) is 17.3 Å². The van der Waals surface area contributed by atoms with Crippen LogP contribution in [0.2, 0.25) is 0 Å². The Bertz CT molecular complexity index is 893. The monoisotopic (exact) mass is 391 g/mol. The van der Waals surface area contributed by atoms with Crippen LogP contribution in [-0.2, 0) is 9.59 Å². The summed E-state index contributed by atoms with van der Waals surface area (Å²) in [4.78, 5) is 29.9. The van der Waals surface area contributed by atoms with E-state index in [1.165, 1.54) is 23.2 Å². The Morgan fingerprint density at radius 2 is 1.69 bits per heavy atom. The SMILES string of the molecule is O=C(/C=C/c1cccc(/C=C/C(=O)N2CCCC(c3ccccc3)CC2)n1)NO. The summed E-state index contributed by atoms with van der Waals surface area (Å²) < 4.78 is 0. The predicted molar refractivity (Wildman–Crippen MR) is 112 cm³/mol. The molecule has 2 N–H and O–H groups in total. The number of hydrogen-bond acceptors (Lipinski definition) is 4. The van der Waals surface area contributed by atoms with Gasteiger partial charge in [0, 0.05) is 25.2 Å². The van der Waals surface area contributed by atoms with Crippen molar-refractivity contribution in [3.63, 3.8) is 0 Å². The topological polar surface area (TPSA) is 82.5 Å². The third-order valence-electron chi connectivity index (χ3n) is 5.02. The van der Waals surface area contributed by atoms with Crippen molar-refractivity contribution >= 4 is 24.0 Å². The highest BCUT2D eigenvalue weighted by Crippen LogP contribution is 2.27. The van der Waals surface area contributed by atoms with Gasteiger partial charge in [-0.15, -0.1) is 0 Å². The highest BCUT2D eigenvalue weighted by Gasteiger charge is 2.20. The van der Waals surface area contributed by atoms with Crippen LogP contribution in [0.1, 0.15) is 42.1 Å². The molecule has 0 saturated carbocycles. The van der Waals surface area contributed by atoms with E-state index in [0.717, 1.165) is 32.4 Å². The van der Waals surface area contributed by atoms with E-state index >= 15 is 0 Å². The molecule has 2 aromatic rings. The third kappa shape index (κ3) is 6.12. The largest absolute Gasteiger partial charge is 0.339 e. The summed E-state index contributed by atoms with van der Waals surface area (Å²) in [6.45, 7) is 1.51. The van der Waals surface area contributed by atoms with Crippen molar-refractivity contribution in [1.82, 2.24) is 15.4 Å². The maximum absolute atomic E-state index is 12.6. The number of likely N-dealkylation sites (tertiary alicyclic amines) is 1. The van der Waals surface area contributed by atoms with Gasteiger partial charge in [0.05, 0.1) is 11.4 Å². The smallest absolute Gasteiger partial charge is 0.267 e. The number of aromatic nitrogens is 1. The van der Waals surface area contributed by atoms with Crippen molar-refractivity contribution in [2.24, 2.45) is 0 Å². The first-order chi connectivity index (χ1) is 14.2. The first-order valence-corrected chi connectivity index (χ1v) is 9.77. The number of nitrogens with zero attached hydrogens (tertiary/aromatic N) is 2. The Morgan fingerprint density at radius 1 is 0.966 bits per heavy atom. The van der Waals surface area contributed by atoms with Crippen molar-refractivity contribution in [3.05, 3.63) is 77.6 Å². The molecule has 1 aromatic heterocycles. The second kappa shape index (κ2) is 10.3. The van der Waals surface area contributed by atoms with Crippen molar-refractivity contribution in [2.75, 3.05) is 13.1 Å². The van der Waals surface area contributed by atoms with Crippen molar-refractivity contribution in [3.8, 4) is 0 Å². The molecule has 1 unspecified atom stereocenters. The molecule has 1 atom stereocenters. The van der Waals surface area contributed by atoms with Gasteiger partial charge in [0.2, 0.25) is 5.91 Å². The van der Waals surface area contributed by atoms with Crippen molar-refractivity contribution in [1.29, 1.82) is 0 Å². The lowest BCUT2D eigenvalue weighted by atomic mass is 9.92. The van der Waals surface area contributed by atoms with E-state index in [1.807, 2.05) is 11.0 Å². The van der Waals surface area contributed by atoms with E-state index in [2.05, 4.69) is 29.2 Å². The van der Waals surface area contributed by atoms with Gasteiger partial charge in [-0.2, -0.15) is 0 Å². The van der Waals surface area contributed by atoms with E-state index < -0.39 is 5.91 Å². The number of benzene rings is 1. The zero-order valence-corrected chi connectivity index (χ0v) is 16.2. The van der Waals surface area contributed by atoms with Crippen LogP contribution in [0.15, 0.2) is 60.7 Å². The second-order valence-corrected chi connectivity index (χ2v) is 6.99. The molecular formula is C23H25N3O3. The molecule has 2 amide bonds. The number of hydroxylamine groups is 1. The molecule has 29 heavy (non-hydrogen) atoms. The fourth-order valence-corrected chi connectivity index (χ4v) is 3.49. The minimum Gasteiger partial charge on any atom is -0.339 e. The zero-order chi connectivity index (χ0) is 20.5. The molecular weight excluding hydrogens is 366 g/mol. The predicted octanol–water partition coefficient (Wildman–Crippen LogP) is 3.41. The van der Waals surface area contributed by atoms with Gasteiger partial charge in [-0.3, -0.25) is 14.8 Å². The van der Waals surface area contributed by atoms with Crippen molar-refractivity contribution in [2.45, 2.75) is 25.2 Å². The molecule has 1 saturated heterocycles. The Kier molecular flexibility index (Phi) is 7.30. The van der Waals surface area contributed by atoms with E-state index in [4.69, 9.17) is 5.21 Å². The number of rotatable bonds is 5. The van der Waals surface area contributed by atoms with E-state index in [1.54, 1.807) is 30.4 Å². The summed E-state index contributed by atoms with van der Waals surface area (Å²) in [5.41, 5.74) is 4.06. The molecule has 0 radical (unpaired) electrons. The lowest BCUT2D eigenvalue weighted by molar-refractivity contribution is -0.126. The van der Waals surface area contributed by atoms with Crippen molar-refractivity contribution < 1.29 is 14.8 Å². The first kappa shape index (κ1) is 20.5. The molecule has 0 spiro atoms. The standard InChI is InChI=1S/C23H25N3O3/c27-22(25-29)13-11-20-9-4-10-21(24-20)12-14-23(28)26-16-5-8-19(15-17-26)18-6-2-1-3-7-18/h1-4,6-7,9-14,19,29H,5,8,15-17H2,(H,25,27)/b13-11+,14-12+. The normalized spacial score (nSPS) is 17.4. The minimum atomic E-state index is -0.627. The number of carbonyl (C=O) groups is 2. The van der Waals surface area contributed by atoms with Crippen LogP contribution in [0.4, 0.5) is 0 Å². The molecule has 6 heteroatoms. The summed E-state index contributed by atoms with van der Waals surface area (Å²) in [7, 11) is 0. The lowest BCUT2D eigenvalue weighted by Crippen LogP contribution is -2.30. The molecule has 3 rings (SSSR count). The molecule has 6 nitrogen and oxygen atoms in total. The second-order valence-electron chi connectivity index (χ2n) is 6.99. The summed E-state index contributed by atoms with van der Waals surface area (Å²) in [6, 6.07) is 15.8. The van der Waals surface area contributed by atoms with Gasteiger partial charge in [-0.05, 0) is 55.0 Å². The van der Waals surface area contributed by atoms with Gasteiger partial charge >= 0.3 is 0 Å². The van der Waals surface area contributed by atoms with Crippen LogP contribution in [-0.4, -0.2) is 40.0 Å². The Labute approximate surface area is 170 Å². The molecule has 1 fully saturated rings. The number of amides is 2. The van der Waals surface area contributed by atoms with Crippen LogP contribution in [0.5, 0.6) is 0 Å². The first-order valence-electron chi connectivity index (χ1n) is 9.77. The Balaban J connectivity index is 1.59. The number of carbonyl (C=O) groups excluding carboxylic acids is 2. The van der Waals surface area contributed by atoms with Gasteiger partial charge in [0.25, 0.3) is 5.91 Å². The van der Waals surface area contributed by atoms with Crippen LogP contribution in [0.3, 0.4) is 0 Å². The highest BCUT2D eigenvalue weighted by atomic mass is 16.5. The van der Waals surface area contributed by atoms with Crippen LogP contribution in [0.25, 0.3) is 12.2 Å². The van der Waals surface area contributed by atoms with Gasteiger partial charge < -0.3 is 4.90 Å². The van der Waals surface area contributed by atoms with Gasteiger partial charge in [-0.25, -0.2) is 10.5 Å². The molecule has 1 aliphatic heterocycles. The lowest BCUT2D eigenvalue weighted by Gasteiger charge is -2.19. The molecule has 0 aliphatic carbocycles. The Morgan fingerprint density at radius 3 is 2.41 bits per heavy atom. The Hall–Kier alpha value is -3.25. The minimum absolute atomic E-state index is 0.0129. The van der Waals surface area contributed by atoms with Gasteiger partial charge in [0.1, 0.15) is 0 Å². The highest BCUT2D eigenvalue weighted by molar-refractivity contribution is 5.92. The van der Waals surface area contributed by atoms with Crippen LogP contribution in [0, 0.1) is 0 Å². The van der Waals surface area contributed by atoms with Gasteiger partial charge in [-0.1, -0.05) is 36.4 Å². The van der Waals surface area contributed by atoms with Gasteiger partial charge in [0.15, 0.2) is 0 Å². The fourth-order valence-electron chi connectivity index (χ4n) is 3.49. The average Bonchev–Trinajstić information content (AvgIpc) is 3.03. The number of pyridine rings is 1. The average molecular weight is 391 g/mol. The molecule has 1 aliphatic rings. The summed E-state index contributed by atoms with van der Waals surface area (Å²) in [5, 5.41) is 8.51. The fraction of sp³-hybridized carbons (Fsp3) is 0.261. The van der Waals surface area contributed by atoms with E-state index in [-0.39, 0.29) is 5.91 Å². The van der Waals surface area contributed by atoms with E-state index in [9.17, 15) is 9.59 Å². The molecule has 0 bridgehead atoms. The maximum Gasteiger partial charge on any atom is 0.267 e. The molecule has 150 valence electrons. The number of nitrogens with one attached hydrogen (secondary N) is 1. The molecule has 1 aromatic carbocycles. The summed E-state index contributed by atoms with van der Waals surface area (Å²) in [6.07, 6.45) is 8.96. The quantitative estimate of drug-likeness (QED) is 0.465.